The summed E-state index contributed by atoms with van der Waals surface area (Å²) in [5.41, 5.74) is 5.73. The molecule has 0 bridgehead atoms. The van der Waals surface area contributed by atoms with E-state index in [1.54, 1.807) is 13.3 Å². The van der Waals surface area contributed by atoms with Gasteiger partial charge in [-0.15, -0.1) is 0 Å². The van der Waals surface area contributed by atoms with Gasteiger partial charge in [0.15, 0.2) is 0 Å². The Balaban J connectivity index is 2.22. The maximum atomic E-state index is 5.73. The van der Waals surface area contributed by atoms with E-state index in [0.717, 1.165) is 35.3 Å². The molecule has 96 valence electrons. The fourth-order valence-electron chi connectivity index (χ4n) is 1.84. The van der Waals surface area contributed by atoms with Crippen molar-refractivity contribution in [3.05, 3.63) is 30.5 Å². The van der Waals surface area contributed by atoms with Crippen LogP contribution in [0.3, 0.4) is 0 Å². The van der Waals surface area contributed by atoms with Crippen LogP contribution in [0.1, 0.15) is 13.3 Å². The zero-order chi connectivity index (χ0) is 13.0. The standard InChI is InChI=1S/C14H19N3O/c1-10(15)5-7-16-14-13-4-3-12(18-2)9-11(13)6-8-17-14/h3-4,6,8-10H,5,7,15H2,1-2H3,(H,16,17). The maximum absolute atomic E-state index is 5.73. The molecule has 0 aliphatic rings. The highest BCUT2D eigenvalue weighted by Crippen LogP contribution is 2.25. The third-order valence-corrected chi connectivity index (χ3v) is 2.86. The molecule has 3 N–H and O–H groups in total. The topological polar surface area (TPSA) is 60.2 Å². The summed E-state index contributed by atoms with van der Waals surface area (Å²) >= 11 is 0. The zero-order valence-electron chi connectivity index (χ0n) is 10.8. The first-order chi connectivity index (χ1) is 8.70. The first-order valence-corrected chi connectivity index (χ1v) is 6.13. The van der Waals surface area contributed by atoms with Gasteiger partial charge in [-0.3, -0.25) is 0 Å². The number of nitrogens with two attached hydrogens (primary N) is 1. The predicted octanol–water partition coefficient (Wildman–Crippen LogP) is 2.39. The van der Waals surface area contributed by atoms with Crippen LogP contribution in [0.5, 0.6) is 5.75 Å². The number of pyridine rings is 1. The van der Waals surface area contributed by atoms with E-state index >= 15 is 0 Å². The second kappa shape index (κ2) is 5.69. The third kappa shape index (κ3) is 2.90. The van der Waals surface area contributed by atoms with Gasteiger partial charge in [-0.2, -0.15) is 0 Å². The maximum Gasteiger partial charge on any atom is 0.133 e. The number of nitrogens with zero attached hydrogens (tertiary/aromatic N) is 1. The number of ether oxygens (including phenoxy) is 1. The van der Waals surface area contributed by atoms with Crippen LogP contribution in [0.2, 0.25) is 0 Å². The number of anilines is 1. The Bertz CT molecular complexity index is 525. The molecule has 4 nitrogen and oxygen atoms in total. The molecular formula is C14H19N3O. The van der Waals surface area contributed by atoms with Crippen LogP contribution in [0.15, 0.2) is 30.5 Å². The molecule has 0 saturated heterocycles. The van der Waals surface area contributed by atoms with Crippen LogP contribution in [0, 0.1) is 0 Å². The molecule has 1 aromatic heterocycles. The summed E-state index contributed by atoms with van der Waals surface area (Å²) in [6.07, 6.45) is 2.73. The summed E-state index contributed by atoms with van der Waals surface area (Å²) in [6, 6.07) is 8.16. The minimum absolute atomic E-state index is 0.201. The number of hydrogen-bond acceptors (Lipinski definition) is 4. The summed E-state index contributed by atoms with van der Waals surface area (Å²) in [6.45, 7) is 2.83. The second-order valence-electron chi connectivity index (χ2n) is 4.44. The van der Waals surface area contributed by atoms with Crippen molar-refractivity contribution in [2.45, 2.75) is 19.4 Å². The second-order valence-corrected chi connectivity index (χ2v) is 4.44. The summed E-state index contributed by atoms with van der Waals surface area (Å²) in [4.78, 5) is 4.37. The van der Waals surface area contributed by atoms with E-state index < -0.39 is 0 Å². The van der Waals surface area contributed by atoms with Crippen molar-refractivity contribution in [2.75, 3.05) is 19.0 Å². The van der Waals surface area contributed by atoms with Crippen LogP contribution in [0.4, 0.5) is 5.82 Å². The number of aromatic nitrogens is 1. The normalized spacial score (nSPS) is 12.4. The molecule has 18 heavy (non-hydrogen) atoms. The monoisotopic (exact) mass is 245 g/mol. The quantitative estimate of drug-likeness (QED) is 0.849. The van der Waals surface area contributed by atoms with E-state index in [4.69, 9.17) is 10.5 Å². The highest BCUT2D eigenvalue weighted by molar-refractivity contribution is 5.92. The Morgan fingerprint density at radius 1 is 1.39 bits per heavy atom. The summed E-state index contributed by atoms with van der Waals surface area (Å²) < 4.78 is 5.22. The van der Waals surface area contributed by atoms with Gasteiger partial charge in [0.25, 0.3) is 0 Å². The fraction of sp³-hybridized carbons (Fsp3) is 0.357. The first kappa shape index (κ1) is 12.6. The van der Waals surface area contributed by atoms with Crippen LogP contribution < -0.4 is 15.8 Å². The smallest absolute Gasteiger partial charge is 0.133 e. The molecule has 0 aliphatic heterocycles. The van der Waals surface area contributed by atoms with Crippen LogP contribution in [-0.2, 0) is 0 Å². The summed E-state index contributed by atoms with van der Waals surface area (Å²) in [5.74, 6) is 1.76. The Labute approximate surface area is 107 Å². The van der Waals surface area contributed by atoms with Crippen molar-refractivity contribution in [3.8, 4) is 5.75 Å². The zero-order valence-corrected chi connectivity index (χ0v) is 10.8. The van der Waals surface area contributed by atoms with Crippen LogP contribution >= 0.6 is 0 Å². The number of hydrogen-bond donors (Lipinski definition) is 2. The molecule has 1 unspecified atom stereocenters. The van der Waals surface area contributed by atoms with Gasteiger partial charge < -0.3 is 15.8 Å². The van der Waals surface area contributed by atoms with Gasteiger partial charge >= 0.3 is 0 Å². The fourth-order valence-corrected chi connectivity index (χ4v) is 1.84. The van der Waals surface area contributed by atoms with Gasteiger partial charge in [0, 0.05) is 24.2 Å². The number of methoxy groups -OCH3 is 1. The number of nitrogens with one attached hydrogen (secondary N) is 1. The van der Waals surface area contributed by atoms with Crippen molar-refractivity contribution in [1.82, 2.24) is 4.98 Å². The van der Waals surface area contributed by atoms with Gasteiger partial charge in [0.1, 0.15) is 11.6 Å². The van der Waals surface area contributed by atoms with E-state index in [-0.39, 0.29) is 6.04 Å². The Morgan fingerprint density at radius 3 is 2.94 bits per heavy atom. The predicted molar refractivity (Wildman–Crippen MR) is 75.1 cm³/mol. The Kier molecular flexibility index (Phi) is 3.99. The van der Waals surface area contributed by atoms with Crippen molar-refractivity contribution in [2.24, 2.45) is 5.73 Å². The molecule has 2 aromatic rings. The van der Waals surface area contributed by atoms with Crippen molar-refractivity contribution < 1.29 is 4.74 Å². The molecule has 0 amide bonds. The third-order valence-electron chi connectivity index (χ3n) is 2.86. The van der Waals surface area contributed by atoms with E-state index in [1.165, 1.54) is 0 Å². The minimum atomic E-state index is 0.201. The molecule has 0 saturated carbocycles. The van der Waals surface area contributed by atoms with Crippen molar-refractivity contribution >= 4 is 16.6 Å². The lowest BCUT2D eigenvalue weighted by Gasteiger charge is -2.10. The summed E-state index contributed by atoms with van der Waals surface area (Å²) in [5, 5.41) is 5.54. The molecule has 0 aliphatic carbocycles. The van der Waals surface area contributed by atoms with Crippen LogP contribution in [-0.4, -0.2) is 24.7 Å². The van der Waals surface area contributed by atoms with E-state index in [0.29, 0.717) is 0 Å². The van der Waals surface area contributed by atoms with E-state index in [1.807, 2.05) is 31.2 Å². The average molecular weight is 245 g/mol. The highest BCUT2D eigenvalue weighted by atomic mass is 16.5. The van der Waals surface area contributed by atoms with Crippen molar-refractivity contribution in [1.29, 1.82) is 0 Å². The van der Waals surface area contributed by atoms with E-state index in [2.05, 4.69) is 10.3 Å². The molecule has 0 spiro atoms. The largest absolute Gasteiger partial charge is 0.497 e. The van der Waals surface area contributed by atoms with Gasteiger partial charge in [-0.25, -0.2) is 4.98 Å². The molecule has 4 heteroatoms. The van der Waals surface area contributed by atoms with Crippen molar-refractivity contribution in [3.63, 3.8) is 0 Å². The average Bonchev–Trinajstić information content (AvgIpc) is 2.38. The molecule has 1 atom stereocenters. The minimum Gasteiger partial charge on any atom is -0.497 e. The number of benzene rings is 1. The SMILES string of the molecule is COc1ccc2c(NCCC(C)N)nccc2c1. The van der Waals surface area contributed by atoms with Gasteiger partial charge in [-0.05, 0) is 43.0 Å². The molecule has 0 radical (unpaired) electrons. The van der Waals surface area contributed by atoms with Crippen LogP contribution in [0.25, 0.3) is 10.8 Å². The lowest BCUT2D eigenvalue weighted by Crippen LogP contribution is -2.19. The van der Waals surface area contributed by atoms with E-state index in [9.17, 15) is 0 Å². The van der Waals surface area contributed by atoms with Gasteiger partial charge in [0.2, 0.25) is 0 Å². The molecule has 1 heterocycles. The van der Waals surface area contributed by atoms with Gasteiger partial charge in [0.05, 0.1) is 7.11 Å². The Morgan fingerprint density at radius 2 is 2.22 bits per heavy atom. The Hall–Kier alpha value is -1.81. The number of fused-ring (bicyclic) bond motifs is 1. The molecule has 1 aromatic carbocycles. The lowest BCUT2D eigenvalue weighted by molar-refractivity contribution is 0.415. The summed E-state index contributed by atoms with van der Waals surface area (Å²) in [7, 11) is 1.67. The highest BCUT2D eigenvalue weighted by Gasteiger charge is 2.03. The first-order valence-electron chi connectivity index (χ1n) is 6.13. The molecule has 0 fully saturated rings. The molecular weight excluding hydrogens is 226 g/mol. The molecule has 2 rings (SSSR count). The number of rotatable bonds is 5. The lowest BCUT2D eigenvalue weighted by atomic mass is 10.1. The van der Waals surface area contributed by atoms with Gasteiger partial charge in [-0.1, -0.05) is 0 Å².